The van der Waals surface area contributed by atoms with Crippen LogP contribution in [0.4, 0.5) is 5.69 Å². The zero-order chi connectivity index (χ0) is 17.0. The summed E-state index contributed by atoms with van der Waals surface area (Å²) in [6, 6.07) is 5.80. The van der Waals surface area contributed by atoms with Crippen LogP contribution in [0.25, 0.3) is 0 Å². The Hall–Kier alpha value is -2.08. The molecule has 0 aliphatic heterocycles. The molecule has 1 aromatic heterocycles. The molecule has 2 aromatic rings. The zero-order valence-electron chi connectivity index (χ0n) is 13.8. The maximum Gasteiger partial charge on any atom is 0.254 e. The molecule has 0 unspecified atom stereocenters. The number of carbonyl (C=O) groups is 1. The van der Waals surface area contributed by atoms with Crippen LogP contribution < -0.4 is 10.9 Å². The normalized spacial score (nSPS) is 10.6. The van der Waals surface area contributed by atoms with Crippen molar-refractivity contribution in [1.29, 1.82) is 0 Å². The highest BCUT2D eigenvalue weighted by Crippen LogP contribution is 2.16. The van der Waals surface area contributed by atoms with Crippen molar-refractivity contribution >= 4 is 23.4 Å². The molecule has 2 N–H and O–H groups in total. The fourth-order valence-corrected chi connectivity index (χ4v) is 2.93. The summed E-state index contributed by atoms with van der Waals surface area (Å²) in [6.07, 6.45) is 0.645. The van der Waals surface area contributed by atoms with Crippen LogP contribution in [-0.4, -0.2) is 21.6 Å². The summed E-state index contributed by atoms with van der Waals surface area (Å²) >= 11 is 1.22. The van der Waals surface area contributed by atoms with Crippen LogP contribution in [0.3, 0.4) is 0 Å². The van der Waals surface area contributed by atoms with Crippen molar-refractivity contribution < 1.29 is 4.79 Å². The molecule has 1 aromatic carbocycles. The molecular weight excluding hydrogens is 310 g/mol. The molecule has 0 bridgehead atoms. The van der Waals surface area contributed by atoms with Crippen molar-refractivity contribution in [3.8, 4) is 0 Å². The van der Waals surface area contributed by atoms with Gasteiger partial charge in [0.1, 0.15) is 0 Å². The molecule has 1 heterocycles. The Balaban J connectivity index is 1.99. The number of nitrogens with zero attached hydrogens (tertiary/aromatic N) is 1. The van der Waals surface area contributed by atoms with Gasteiger partial charge < -0.3 is 10.3 Å². The number of benzene rings is 1. The Kier molecular flexibility index (Phi) is 5.60. The second-order valence-corrected chi connectivity index (χ2v) is 6.39. The average molecular weight is 331 g/mol. The molecule has 23 heavy (non-hydrogen) atoms. The molecular formula is C17H21N3O2S. The summed E-state index contributed by atoms with van der Waals surface area (Å²) in [5.74, 6) is 0.0685. The Labute approximate surface area is 139 Å². The van der Waals surface area contributed by atoms with Gasteiger partial charge in [0.2, 0.25) is 5.91 Å². The zero-order valence-corrected chi connectivity index (χ0v) is 14.6. The summed E-state index contributed by atoms with van der Waals surface area (Å²) in [4.78, 5) is 31.0. The molecule has 0 atom stereocenters. The van der Waals surface area contributed by atoms with Crippen molar-refractivity contribution in [3.05, 3.63) is 50.9 Å². The highest BCUT2D eigenvalue weighted by atomic mass is 32.2. The van der Waals surface area contributed by atoms with Gasteiger partial charge in [-0.1, -0.05) is 24.8 Å². The third-order valence-electron chi connectivity index (χ3n) is 3.68. The molecule has 0 aliphatic carbocycles. The maximum absolute atomic E-state index is 12.0. The first-order valence-corrected chi connectivity index (χ1v) is 8.49. The summed E-state index contributed by atoms with van der Waals surface area (Å²) in [7, 11) is 0. The quantitative estimate of drug-likeness (QED) is 0.652. The predicted octanol–water partition coefficient (Wildman–Crippen LogP) is 2.99. The monoisotopic (exact) mass is 331 g/mol. The Morgan fingerprint density at radius 1 is 1.26 bits per heavy atom. The molecule has 0 spiro atoms. The van der Waals surface area contributed by atoms with Gasteiger partial charge in [-0.15, -0.1) is 0 Å². The number of thioether (sulfide) groups is 1. The topological polar surface area (TPSA) is 74.8 Å². The number of carbonyl (C=O) groups excluding carboxylic acids is 1. The van der Waals surface area contributed by atoms with Crippen molar-refractivity contribution in [3.63, 3.8) is 0 Å². The number of hydrogen-bond donors (Lipinski definition) is 2. The predicted molar refractivity (Wildman–Crippen MR) is 94.2 cm³/mol. The van der Waals surface area contributed by atoms with E-state index in [1.165, 1.54) is 17.3 Å². The van der Waals surface area contributed by atoms with Crippen molar-refractivity contribution in [1.82, 2.24) is 9.97 Å². The molecule has 0 aliphatic rings. The SMILES string of the molecule is CCc1c(C)nc(SCC(=O)Nc2ccc(C)c(C)c2)[nH]c1=O. The number of anilines is 1. The number of H-pyrrole nitrogens is 1. The van der Waals surface area contributed by atoms with Gasteiger partial charge in [-0.05, 0) is 50.5 Å². The second-order valence-electron chi connectivity index (χ2n) is 5.42. The summed E-state index contributed by atoms with van der Waals surface area (Å²) in [5.41, 5.74) is 4.37. The molecule has 0 radical (unpaired) electrons. The van der Waals surface area contributed by atoms with Gasteiger partial charge in [-0.2, -0.15) is 0 Å². The van der Waals surface area contributed by atoms with Gasteiger partial charge >= 0.3 is 0 Å². The van der Waals surface area contributed by atoms with Gasteiger partial charge in [0.15, 0.2) is 5.16 Å². The molecule has 5 nitrogen and oxygen atoms in total. The van der Waals surface area contributed by atoms with E-state index in [2.05, 4.69) is 15.3 Å². The molecule has 6 heteroatoms. The highest BCUT2D eigenvalue weighted by molar-refractivity contribution is 7.99. The van der Waals surface area contributed by atoms with Gasteiger partial charge in [0.25, 0.3) is 5.56 Å². The Morgan fingerprint density at radius 3 is 2.61 bits per heavy atom. The number of nitrogens with one attached hydrogen (secondary N) is 2. The molecule has 122 valence electrons. The first kappa shape index (κ1) is 17.3. The number of aromatic amines is 1. The van der Waals surface area contributed by atoms with Crippen LogP contribution >= 0.6 is 11.8 Å². The largest absolute Gasteiger partial charge is 0.325 e. The van der Waals surface area contributed by atoms with Crippen LogP contribution in [0.5, 0.6) is 0 Å². The number of aromatic nitrogens is 2. The van der Waals surface area contributed by atoms with Crippen LogP contribution in [0, 0.1) is 20.8 Å². The number of hydrogen-bond acceptors (Lipinski definition) is 4. The van der Waals surface area contributed by atoms with Crippen LogP contribution in [0.1, 0.15) is 29.3 Å². The van der Waals surface area contributed by atoms with E-state index < -0.39 is 0 Å². The minimum atomic E-state index is -0.128. The third-order valence-corrected chi connectivity index (χ3v) is 4.56. The van der Waals surface area contributed by atoms with Crippen LogP contribution in [-0.2, 0) is 11.2 Å². The molecule has 2 rings (SSSR count). The van der Waals surface area contributed by atoms with E-state index in [1.54, 1.807) is 0 Å². The molecule has 0 fully saturated rings. The number of rotatable bonds is 5. The van der Waals surface area contributed by atoms with Crippen molar-refractivity contribution in [2.45, 2.75) is 39.3 Å². The Morgan fingerprint density at radius 2 is 2.00 bits per heavy atom. The lowest BCUT2D eigenvalue weighted by molar-refractivity contribution is -0.113. The van der Waals surface area contributed by atoms with E-state index >= 15 is 0 Å². The summed E-state index contributed by atoms with van der Waals surface area (Å²) in [6.45, 7) is 7.77. The Bertz CT molecular complexity index is 784. The lowest BCUT2D eigenvalue weighted by Gasteiger charge is -2.08. The minimum Gasteiger partial charge on any atom is -0.325 e. The number of aryl methyl sites for hydroxylation is 3. The van der Waals surface area contributed by atoms with Gasteiger partial charge in [-0.3, -0.25) is 9.59 Å². The van der Waals surface area contributed by atoms with Crippen LogP contribution in [0.15, 0.2) is 28.2 Å². The lowest BCUT2D eigenvalue weighted by Crippen LogP contribution is -2.18. The van der Waals surface area contributed by atoms with E-state index in [0.29, 0.717) is 22.8 Å². The fourth-order valence-electron chi connectivity index (χ4n) is 2.22. The maximum atomic E-state index is 12.0. The summed E-state index contributed by atoms with van der Waals surface area (Å²) in [5, 5.41) is 3.32. The fraction of sp³-hybridized carbons (Fsp3) is 0.353. The van der Waals surface area contributed by atoms with Gasteiger partial charge in [0, 0.05) is 16.9 Å². The summed E-state index contributed by atoms with van der Waals surface area (Å²) < 4.78 is 0. The van der Waals surface area contributed by atoms with E-state index in [-0.39, 0.29) is 17.2 Å². The second kappa shape index (κ2) is 7.46. The van der Waals surface area contributed by atoms with E-state index in [1.807, 2.05) is 45.9 Å². The lowest BCUT2D eigenvalue weighted by atomic mass is 10.1. The third kappa shape index (κ3) is 4.45. The number of amides is 1. The van der Waals surface area contributed by atoms with Crippen molar-refractivity contribution in [2.24, 2.45) is 0 Å². The van der Waals surface area contributed by atoms with Crippen LogP contribution in [0.2, 0.25) is 0 Å². The van der Waals surface area contributed by atoms with Gasteiger partial charge in [0.05, 0.1) is 5.75 Å². The van der Waals surface area contributed by atoms with Crippen molar-refractivity contribution in [2.75, 3.05) is 11.1 Å². The molecule has 1 amide bonds. The average Bonchev–Trinajstić information content (AvgIpc) is 2.49. The highest BCUT2D eigenvalue weighted by Gasteiger charge is 2.09. The standard InChI is InChI=1S/C17H21N3O2S/c1-5-14-12(4)18-17(20-16(14)22)23-9-15(21)19-13-7-6-10(2)11(3)8-13/h6-8H,5,9H2,1-4H3,(H,19,21)(H,18,20,22). The van der Waals surface area contributed by atoms with E-state index in [0.717, 1.165) is 11.3 Å². The molecule has 0 saturated carbocycles. The van der Waals surface area contributed by atoms with E-state index in [9.17, 15) is 9.59 Å². The molecule has 0 saturated heterocycles. The first-order valence-electron chi connectivity index (χ1n) is 7.50. The smallest absolute Gasteiger partial charge is 0.254 e. The van der Waals surface area contributed by atoms with E-state index in [4.69, 9.17) is 0 Å². The van der Waals surface area contributed by atoms with Gasteiger partial charge in [-0.25, -0.2) is 4.98 Å². The first-order chi connectivity index (χ1) is 10.9. The minimum absolute atomic E-state index is 0.127.